The maximum atomic E-state index is 11.0. The molecule has 78 valence electrons. The molecule has 0 aromatic heterocycles. The molecule has 14 heavy (non-hydrogen) atoms. The average molecular weight is 197 g/mol. The third-order valence-corrected chi connectivity index (χ3v) is 1.56. The molecule has 1 unspecified atom stereocenters. The Balaban J connectivity index is 3.80. The first-order chi connectivity index (χ1) is 6.57. The third-order valence-electron chi connectivity index (χ3n) is 1.56. The van der Waals surface area contributed by atoms with Crippen molar-refractivity contribution >= 4 is 11.9 Å². The van der Waals surface area contributed by atoms with E-state index in [4.69, 9.17) is 5.11 Å². The molecule has 4 heteroatoms. The van der Waals surface area contributed by atoms with Crippen LogP contribution in [0.1, 0.15) is 13.8 Å². The predicted molar refractivity (Wildman–Crippen MR) is 53.8 cm³/mol. The maximum Gasteiger partial charge on any atom is 0.308 e. The Morgan fingerprint density at radius 2 is 2.07 bits per heavy atom. The molecule has 0 bridgehead atoms. The summed E-state index contributed by atoms with van der Waals surface area (Å²) in [4.78, 5) is 21.4. The van der Waals surface area contributed by atoms with E-state index < -0.39 is 11.9 Å². The zero-order valence-corrected chi connectivity index (χ0v) is 8.36. The summed E-state index contributed by atoms with van der Waals surface area (Å²) in [6.07, 6.45) is 6.47. The van der Waals surface area contributed by atoms with Crippen LogP contribution in [0.4, 0.5) is 0 Å². The Kier molecular flexibility index (Phi) is 6.11. The maximum absolute atomic E-state index is 11.0. The first kappa shape index (κ1) is 12.4. The Morgan fingerprint density at radius 3 is 2.57 bits per heavy atom. The highest BCUT2D eigenvalue weighted by Gasteiger charge is 2.10. The van der Waals surface area contributed by atoms with Crippen LogP contribution < -0.4 is 5.32 Å². The molecule has 1 atom stereocenters. The normalized spacial score (nSPS) is 13.3. The van der Waals surface area contributed by atoms with Gasteiger partial charge in [-0.2, -0.15) is 0 Å². The van der Waals surface area contributed by atoms with Gasteiger partial charge in [-0.1, -0.05) is 25.2 Å². The number of carbonyl (C=O) groups is 2. The Morgan fingerprint density at radius 1 is 1.43 bits per heavy atom. The van der Waals surface area contributed by atoms with Gasteiger partial charge in [0.2, 0.25) is 5.91 Å². The van der Waals surface area contributed by atoms with Crippen molar-refractivity contribution in [1.29, 1.82) is 0 Å². The molecule has 0 saturated carbocycles. The molecule has 0 saturated heterocycles. The highest BCUT2D eigenvalue weighted by molar-refractivity contribution is 5.88. The second-order valence-corrected chi connectivity index (χ2v) is 2.87. The number of hydrogen-bond donors (Lipinski definition) is 2. The number of rotatable bonds is 5. The summed E-state index contributed by atoms with van der Waals surface area (Å²) in [6, 6.07) is 0. The summed E-state index contributed by atoms with van der Waals surface area (Å²) in [6.45, 7) is 3.53. The van der Waals surface area contributed by atoms with Crippen molar-refractivity contribution < 1.29 is 14.7 Å². The lowest BCUT2D eigenvalue weighted by molar-refractivity contribution is -0.141. The zero-order chi connectivity index (χ0) is 11.0. The summed E-state index contributed by atoms with van der Waals surface area (Å²) >= 11 is 0. The number of nitrogens with one attached hydrogen (secondary N) is 1. The monoisotopic (exact) mass is 197 g/mol. The molecule has 0 aromatic carbocycles. The fraction of sp³-hybridized carbons (Fsp3) is 0.400. The van der Waals surface area contributed by atoms with Crippen LogP contribution >= 0.6 is 0 Å². The molecule has 0 aliphatic heterocycles. The van der Waals surface area contributed by atoms with Crippen LogP contribution in [0.3, 0.4) is 0 Å². The van der Waals surface area contributed by atoms with Crippen molar-refractivity contribution in [3.8, 4) is 0 Å². The van der Waals surface area contributed by atoms with E-state index >= 15 is 0 Å². The number of amides is 1. The van der Waals surface area contributed by atoms with E-state index in [-0.39, 0.29) is 12.5 Å². The van der Waals surface area contributed by atoms with Crippen LogP contribution in [0.2, 0.25) is 0 Å². The molecule has 0 aromatic rings. The molecule has 0 rings (SSSR count). The van der Waals surface area contributed by atoms with Crippen molar-refractivity contribution in [1.82, 2.24) is 5.32 Å². The summed E-state index contributed by atoms with van der Waals surface area (Å²) in [5, 5.41) is 11.0. The van der Waals surface area contributed by atoms with E-state index in [0.29, 0.717) is 0 Å². The molecule has 0 aliphatic carbocycles. The molecule has 4 nitrogen and oxygen atoms in total. The van der Waals surface area contributed by atoms with Crippen molar-refractivity contribution in [3.05, 3.63) is 24.3 Å². The molecule has 0 radical (unpaired) electrons. The number of carboxylic acid groups (broad SMARTS) is 1. The largest absolute Gasteiger partial charge is 0.481 e. The minimum Gasteiger partial charge on any atom is -0.481 e. The highest BCUT2D eigenvalue weighted by atomic mass is 16.4. The molecule has 0 spiro atoms. The average Bonchev–Trinajstić information content (AvgIpc) is 2.14. The molecule has 1 amide bonds. The van der Waals surface area contributed by atoms with Gasteiger partial charge in [0.1, 0.15) is 0 Å². The summed E-state index contributed by atoms with van der Waals surface area (Å²) in [5.74, 6) is -1.76. The van der Waals surface area contributed by atoms with Gasteiger partial charge >= 0.3 is 5.97 Å². The molecular formula is C10H15NO3. The van der Waals surface area contributed by atoms with Crippen molar-refractivity contribution in [3.63, 3.8) is 0 Å². The van der Waals surface area contributed by atoms with E-state index in [1.165, 1.54) is 13.0 Å². The number of carbonyl (C=O) groups excluding carboxylic acids is 1. The van der Waals surface area contributed by atoms with E-state index in [0.717, 1.165) is 0 Å². The van der Waals surface area contributed by atoms with E-state index in [1.54, 1.807) is 18.2 Å². The Labute approximate surface area is 83.3 Å². The van der Waals surface area contributed by atoms with Gasteiger partial charge < -0.3 is 10.4 Å². The topological polar surface area (TPSA) is 66.4 Å². The van der Waals surface area contributed by atoms with Gasteiger partial charge in [0.25, 0.3) is 0 Å². The minimum atomic E-state index is -0.914. The van der Waals surface area contributed by atoms with Crippen molar-refractivity contribution in [2.75, 3.05) is 6.54 Å². The van der Waals surface area contributed by atoms with Crippen molar-refractivity contribution in [2.45, 2.75) is 13.8 Å². The molecular weight excluding hydrogens is 182 g/mol. The van der Waals surface area contributed by atoms with Gasteiger partial charge in [0.05, 0.1) is 5.92 Å². The van der Waals surface area contributed by atoms with Gasteiger partial charge in [-0.15, -0.1) is 0 Å². The number of allylic oxidation sites excluding steroid dienone is 3. The predicted octanol–water partition coefficient (Wildman–Crippen LogP) is 0.956. The van der Waals surface area contributed by atoms with Crippen LogP contribution in [0.25, 0.3) is 0 Å². The van der Waals surface area contributed by atoms with Gasteiger partial charge in [0, 0.05) is 12.6 Å². The van der Waals surface area contributed by atoms with Crippen molar-refractivity contribution in [2.24, 2.45) is 5.92 Å². The SMILES string of the molecule is CC=CC=CC(=O)NCC(C)C(=O)O. The standard InChI is InChI=1S/C10H15NO3/c1-3-4-5-6-9(12)11-7-8(2)10(13)14/h3-6,8H,7H2,1-2H3,(H,11,12)(H,13,14). The van der Waals surface area contributed by atoms with Crippen LogP contribution in [-0.4, -0.2) is 23.5 Å². The lowest BCUT2D eigenvalue weighted by Crippen LogP contribution is -2.30. The van der Waals surface area contributed by atoms with Gasteiger partial charge in [0.15, 0.2) is 0 Å². The number of aliphatic carboxylic acids is 1. The van der Waals surface area contributed by atoms with Crippen LogP contribution in [-0.2, 0) is 9.59 Å². The lowest BCUT2D eigenvalue weighted by atomic mass is 10.2. The Hall–Kier alpha value is -1.58. The summed E-state index contributed by atoms with van der Waals surface area (Å²) < 4.78 is 0. The Bertz CT molecular complexity index is 256. The fourth-order valence-corrected chi connectivity index (χ4v) is 0.654. The molecule has 0 heterocycles. The molecule has 0 aliphatic rings. The fourth-order valence-electron chi connectivity index (χ4n) is 0.654. The number of carboxylic acids is 1. The quantitative estimate of drug-likeness (QED) is 0.509. The number of hydrogen-bond acceptors (Lipinski definition) is 2. The van der Waals surface area contributed by atoms with Gasteiger partial charge in [-0.05, 0) is 6.92 Å². The van der Waals surface area contributed by atoms with Gasteiger partial charge in [-0.25, -0.2) is 0 Å². The van der Waals surface area contributed by atoms with E-state index in [2.05, 4.69) is 5.32 Å². The smallest absolute Gasteiger partial charge is 0.308 e. The summed E-state index contributed by atoms with van der Waals surface area (Å²) in [7, 11) is 0. The van der Waals surface area contributed by atoms with E-state index in [1.807, 2.05) is 6.92 Å². The lowest BCUT2D eigenvalue weighted by Gasteiger charge is -2.05. The zero-order valence-electron chi connectivity index (χ0n) is 8.36. The second-order valence-electron chi connectivity index (χ2n) is 2.87. The minimum absolute atomic E-state index is 0.147. The van der Waals surface area contributed by atoms with Crippen LogP contribution in [0, 0.1) is 5.92 Å². The van der Waals surface area contributed by atoms with Crippen LogP contribution in [0.15, 0.2) is 24.3 Å². The van der Waals surface area contributed by atoms with Crippen LogP contribution in [0.5, 0.6) is 0 Å². The molecule has 2 N–H and O–H groups in total. The van der Waals surface area contributed by atoms with E-state index in [9.17, 15) is 9.59 Å². The third kappa shape index (κ3) is 5.99. The first-order valence-electron chi connectivity index (χ1n) is 4.38. The first-order valence-corrected chi connectivity index (χ1v) is 4.38. The summed E-state index contributed by atoms with van der Waals surface area (Å²) in [5.41, 5.74) is 0. The van der Waals surface area contributed by atoms with Gasteiger partial charge in [-0.3, -0.25) is 9.59 Å². The second kappa shape index (κ2) is 6.88. The highest BCUT2D eigenvalue weighted by Crippen LogP contribution is 1.91. The molecule has 0 fully saturated rings.